The number of piperidine rings is 1. The molecule has 0 aromatic heterocycles. The van der Waals surface area contributed by atoms with E-state index in [0.717, 1.165) is 19.4 Å². The summed E-state index contributed by atoms with van der Waals surface area (Å²) in [5.74, 6) is 0. The summed E-state index contributed by atoms with van der Waals surface area (Å²) in [4.78, 5) is 6.58. The lowest BCUT2D eigenvalue weighted by Gasteiger charge is -2.56. The number of nitriles is 1. The summed E-state index contributed by atoms with van der Waals surface area (Å²) in [5.41, 5.74) is -0.625. The van der Waals surface area contributed by atoms with Gasteiger partial charge in [0.2, 0.25) is 0 Å². The van der Waals surface area contributed by atoms with Gasteiger partial charge in [-0.2, -0.15) is 5.26 Å². The molecule has 1 aliphatic heterocycles. The summed E-state index contributed by atoms with van der Waals surface area (Å²) in [7, 11) is 0. The predicted molar refractivity (Wildman–Crippen MR) is 67.7 cm³/mol. The zero-order valence-corrected chi connectivity index (χ0v) is 11.2. The molecule has 90 valence electrons. The number of rotatable bonds is 2. The van der Waals surface area contributed by atoms with Crippen molar-refractivity contribution in [3.05, 3.63) is 0 Å². The number of nitrogens with zero attached hydrogens (tertiary/aromatic N) is 3. The fourth-order valence-electron chi connectivity index (χ4n) is 3.59. The highest BCUT2D eigenvalue weighted by molar-refractivity contribution is 5.32. The van der Waals surface area contributed by atoms with Crippen LogP contribution in [-0.2, 0) is 0 Å². The fourth-order valence-corrected chi connectivity index (χ4v) is 3.59. The molecule has 0 aromatic carbocycles. The quantitative estimate of drug-likeness (QED) is 0.672. The topological polar surface area (TPSA) is 39.4 Å². The SMILES string of the molecule is C=NC1(C#N)CC(C)(C)N(CC)C(C)(C)C1. The fraction of sp³-hybridized carbons (Fsp3) is 0.846. The second kappa shape index (κ2) is 3.85. The van der Waals surface area contributed by atoms with Crippen molar-refractivity contribution in [2.75, 3.05) is 6.54 Å². The van der Waals surface area contributed by atoms with E-state index in [4.69, 9.17) is 0 Å². The monoisotopic (exact) mass is 221 g/mol. The molecule has 0 N–H and O–H groups in total. The minimum Gasteiger partial charge on any atom is -0.293 e. The molecule has 3 heteroatoms. The Kier molecular flexibility index (Phi) is 3.17. The Morgan fingerprint density at radius 3 is 1.94 bits per heavy atom. The number of hydrogen-bond donors (Lipinski definition) is 0. The molecule has 0 aliphatic carbocycles. The van der Waals surface area contributed by atoms with E-state index in [1.807, 2.05) is 0 Å². The first-order valence-corrected chi connectivity index (χ1v) is 5.90. The molecule has 1 rings (SSSR count). The molecule has 0 saturated carbocycles. The summed E-state index contributed by atoms with van der Waals surface area (Å²) in [6.07, 6.45) is 1.52. The van der Waals surface area contributed by atoms with Gasteiger partial charge in [0.05, 0.1) is 6.07 Å². The van der Waals surface area contributed by atoms with Crippen molar-refractivity contribution in [2.45, 2.75) is 64.1 Å². The van der Waals surface area contributed by atoms with E-state index >= 15 is 0 Å². The van der Waals surface area contributed by atoms with Gasteiger partial charge in [-0.15, -0.1) is 0 Å². The first kappa shape index (κ1) is 13.2. The summed E-state index contributed by atoms with van der Waals surface area (Å²) < 4.78 is 0. The van der Waals surface area contributed by atoms with E-state index in [0.29, 0.717) is 0 Å². The zero-order valence-electron chi connectivity index (χ0n) is 11.2. The highest BCUT2D eigenvalue weighted by Gasteiger charge is 2.51. The van der Waals surface area contributed by atoms with E-state index in [-0.39, 0.29) is 11.1 Å². The molecule has 16 heavy (non-hydrogen) atoms. The maximum Gasteiger partial charge on any atom is 0.149 e. The average molecular weight is 221 g/mol. The van der Waals surface area contributed by atoms with Crippen molar-refractivity contribution in [3.63, 3.8) is 0 Å². The molecule has 0 spiro atoms. The maximum atomic E-state index is 9.36. The van der Waals surface area contributed by atoms with Crippen LogP contribution in [0.25, 0.3) is 0 Å². The van der Waals surface area contributed by atoms with Crippen LogP contribution in [0.3, 0.4) is 0 Å². The molecule has 1 fully saturated rings. The lowest BCUT2D eigenvalue weighted by atomic mass is 9.70. The van der Waals surface area contributed by atoms with Crippen LogP contribution < -0.4 is 0 Å². The van der Waals surface area contributed by atoms with Gasteiger partial charge in [0.25, 0.3) is 0 Å². The molecule has 1 heterocycles. The third kappa shape index (κ3) is 1.99. The van der Waals surface area contributed by atoms with Gasteiger partial charge in [0.1, 0.15) is 5.54 Å². The van der Waals surface area contributed by atoms with Gasteiger partial charge in [-0.1, -0.05) is 6.92 Å². The maximum absolute atomic E-state index is 9.36. The van der Waals surface area contributed by atoms with Crippen molar-refractivity contribution in [2.24, 2.45) is 4.99 Å². The first-order valence-electron chi connectivity index (χ1n) is 5.90. The van der Waals surface area contributed by atoms with Gasteiger partial charge in [-0.3, -0.25) is 9.89 Å². The number of aliphatic imine (C=N–C) groups is 1. The van der Waals surface area contributed by atoms with Gasteiger partial charge in [0.15, 0.2) is 0 Å². The third-order valence-electron chi connectivity index (χ3n) is 3.74. The smallest absolute Gasteiger partial charge is 0.149 e. The molecule has 1 aliphatic rings. The summed E-state index contributed by atoms with van der Waals surface area (Å²) >= 11 is 0. The Morgan fingerprint density at radius 2 is 1.69 bits per heavy atom. The largest absolute Gasteiger partial charge is 0.293 e. The van der Waals surface area contributed by atoms with Crippen LogP contribution >= 0.6 is 0 Å². The van der Waals surface area contributed by atoms with Crippen LogP contribution in [0.5, 0.6) is 0 Å². The standard InChI is InChI=1S/C13H23N3/c1-7-16-11(2,3)8-13(10-14,15-6)9-12(16,4)5/h6-9H2,1-5H3. The van der Waals surface area contributed by atoms with Crippen molar-refractivity contribution in [3.8, 4) is 6.07 Å². The highest BCUT2D eigenvalue weighted by Crippen LogP contribution is 2.44. The molecule has 0 atom stereocenters. The van der Waals surface area contributed by atoms with Gasteiger partial charge < -0.3 is 0 Å². The van der Waals surface area contributed by atoms with Crippen molar-refractivity contribution >= 4 is 6.72 Å². The lowest BCUT2D eigenvalue weighted by molar-refractivity contribution is -0.0431. The molecule has 0 bridgehead atoms. The van der Waals surface area contributed by atoms with Crippen LogP contribution in [0.4, 0.5) is 0 Å². The van der Waals surface area contributed by atoms with Crippen LogP contribution in [0, 0.1) is 11.3 Å². The molecule has 0 aromatic rings. The summed E-state index contributed by atoms with van der Waals surface area (Å²) in [6, 6.07) is 2.37. The third-order valence-corrected chi connectivity index (χ3v) is 3.74. The zero-order chi connectivity index (χ0) is 12.6. The van der Waals surface area contributed by atoms with Gasteiger partial charge >= 0.3 is 0 Å². The molecule has 0 amide bonds. The normalized spacial score (nSPS) is 27.0. The minimum atomic E-state index is -0.612. The Labute approximate surface area is 99.2 Å². The van der Waals surface area contributed by atoms with Gasteiger partial charge in [-0.05, 0) is 41.0 Å². The number of hydrogen-bond acceptors (Lipinski definition) is 3. The van der Waals surface area contributed by atoms with E-state index < -0.39 is 5.54 Å². The Bertz CT molecular complexity index is 305. The Hall–Kier alpha value is -0.880. The van der Waals surface area contributed by atoms with E-state index in [9.17, 15) is 5.26 Å². The van der Waals surface area contributed by atoms with Crippen molar-refractivity contribution in [1.82, 2.24) is 4.90 Å². The second-order valence-corrected chi connectivity index (χ2v) is 6.02. The minimum absolute atomic E-state index is 0.00653. The lowest BCUT2D eigenvalue weighted by Crippen LogP contribution is -2.64. The molecular formula is C13H23N3. The van der Waals surface area contributed by atoms with Crippen molar-refractivity contribution < 1.29 is 0 Å². The molecular weight excluding hydrogens is 198 g/mol. The molecule has 0 radical (unpaired) electrons. The molecule has 1 saturated heterocycles. The van der Waals surface area contributed by atoms with Crippen LogP contribution in [0.1, 0.15) is 47.5 Å². The van der Waals surface area contributed by atoms with Crippen LogP contribution in [0.2, 0.25) is 0 Å². The number of likely N-dealkylation sites (tertiary alicyclic amines) is 1. The van der Waals surface area contributed by atoms with Crippen LogP contribution in [-0.4, -0.2) is 34.8 Å². The van der Waals surface area contributed by atoms with E-state index in [1.165, 1.54) is 0 Å². The highest BCUT2D eigenvalue weighted by atomic mass is 15.3. The van der Waals surface area contributed by atoms with E-state index in [1.54, 1.807) is 0 Å². The van der Waals surface area contributed by atoms with Crippen molar-refractivity contribution in [1.29, 1.82) is 5.26 Å². The second-order valence-electron chi connectivity index (χ2n) is 6.02. The molecule has 3 nitrogen and oxygen atoms in total. The average Bonchev–Trinajstić information content (AvgIpc) is 2.14. The van der Waals surface area contributed by atoms with Gasteiger partial charge in [0, 0.05) is 23.9 Å². The Balaban J connectivity index is 3.17. The van der Waals surface area contributed by atoms with Crippen LogP contribution in [0.15, 0.2) is 4.99 Å². The van der Waals surface area contributed by atoms with E-state index in [2.05, 4.69) is 57.3 Å². The predicted octanol–water partition coefficient (Wildman–Crippen LogP) is 2.62. The Morgan fingerprint density at radius 1 is 1.25 bits per heavy atom. The molecule has 0 unspecified atom stereocenters. The summed E-state index contributed by atoms with van der Waals surface area (Å²) in [6.45, 7) is 15.5. The van der Waals surface area contributed by atoms with Gasteiger partial charge in [-0.25, -0.2) is 0 Å². The summed E-state index contributed by atoms with van der Waals surface area (Å²) in [5, 5.41) is 9.36. The first-order chi connectivity index (χ1) is 7.23.